The van der Waals surface area contributed by atoms with Crippen molar-refractivity contribution in [2.75, 3.05) is 4.90 Å². The largest absolute Gasteiger partial charge is 0.354 e. The van der Waals surface area contributed by atoms with Crippen molar-refractivity contribution in [3.05, 3.63) is 198 Å². The molecule has 1 N–H and O–H groups in total. The van der Waals surface area contributed by atoms with Crippen molar-refractivity contribution in [1.82, 2.24) is 4.98 Å². The Morgan fingerprint density at radius 2 is 0.911 bits per heavy atom. The SMILES string of the molecule is CC1(C)c2ccccc2-c2cc(-c3cccc4c3[nH]c3ccc(N(c5ccc(-c6ccccc6)cc5)c5ccc6c(c5)C(C)(C)c5ccccc5-6)cc34)ccc21. The van der Waals surface area contributed by atoms with Crippen LogP contribution in [0.15, 0.2) is 176 Å². The summed E-state index contributed by atoms with van der Waals surface area (Å²) in [6.07, 6.45) is 0. The fourth-order valence-corrected chi connectivity index (χ4v) is 9.89. The van der Waals surface area contributed by atoms with Gasteiger partial charge in [-0.3, -0.25) is 0 Å². The lowest BCUT2D eigenvalue weighted by Crippen LogP contribution is -2.16. The molecule has 2 aliphatic carbocycles. The molecule has 2 aliphatic rings. The van der Waals surface area contributed by atoms with Gasteiger partial charge >= 0.3 is 0 Å². The number of benzene rings is 8. The van der Waals surface area contributed by atoms with Gasteiger partial charge in [0, 0.05) is 49.7 Å². The molecule has 0 bridgehead atoms. The summed E-state index contributed by atoms with van der Waals surface area (Å²) in [6, 6.07) is 65.2. The molecule has 0 atom stereocenters. The van der Waals surface area contributed by atoms with Crippen molar-refractivity contribution >= 4 is 38.9 Å². The molecule has 0 saturated heterocycles. The number of nitrogens with zero attached hydrogens (tertiary/aromatic N) is 1. The van der Waals surface area contributed by atoms with Crippen LogP contribution >= 0.6 is 0 Å². The number of para-hydroxylation sites is 1. The van der Waals surface area contributed by atoms with Crippen molar-refractivity contribution < 1.29 is 0 Å². The van der Waals surface area contributed by atoms with Crippen LogP contribution in [0.25, 0.3) is 66.3 Å². The summed E-state index contributed by atoms with van der Waals surface area (Å²) in [4.78, 5) is 6.28. The summed E-state index contributed by atoms with van der Waals surface area (Å²) in [6.45, 7) is 9.40. The first-order valence-corrected chi connectivity index (χ1v) is 19.8. The van der Waals surface area contributed by atoms with E-state index >= 15 is 0 Å². The van der Waals surface area contributed by atoms with Gasteiger partial charge in [-0.25, -0.2) is 0 Å². The molecule has 11 rings (SSSR count). The second-order valence-corrected chi connectivity index (χ2v) is 16.7. The average molecular weight is 719 g/mol. The lowest BCUT2D eigenvalue weighted by atomic mass is 9.82. The number of nitrogens with one attached hydrogen (secondary N) is 1. The van der Waals surface area contributed by atoms with Crippen LogP contribution in [0.5, 0.6) is 0 Å². The number of aromatic nitrogens is 1. The number of rotatable bonds is 5. The van der Waals surface area contributed by atoms with Gasteiger partial charge in [0.1, 0.15) is 0 Å². The zero-order chi connectivity index (χ0) is 37.8. The predicted octanol–water partition coefficient (Wildman–Crippen LogP) is 14.7. The maximum atomic E-state index is 3.86. The minimum absolute atomic E-state index is 0.0136. The van der Waals surface area contributed by atoms with Gasteiger partial charge in [0.25, 0.3) is 0 Å². The number of hydrogen-bond donors (Lipinski definition) is 1. The number of hydrogen-bond acceptors (Lipinski definition) is 1. The van der Waals surface area contributed by atoms with Gasteiger partial charge < -0.3 is 9.88 Å². The fraction of sp³-hybridized carbons (Fsp3) is 0.111. The highest BCUT2D eigenvalue weighted by atomic mass is 15.1. The number of anilines is 3. The van der Waals surface area contributed by atoms with E-state index < -0.39 is 0 Å². The Morgan fingerprint density at radius 3 is 1.68 bits per heavy atom. The first kappa shape index (κ1) is 32.8. The zero-order valence-corrected chi connectivity index (χ0v) is 32.2. The highest BCUT2D eigenvalue weighted by Crippen LogP contribution is 2.52. The highest BCUT2D eigenvalue weighted by molar-refractivity contribution is 6.13. The van der Waals surface area contributed by atoms with Crippen LogP contribution in [0.3, 0.4) is 0 Å². The molecule has 8 aromatic carbocycles. The molecular weight excluding hydrogens is 677 g/mol. The summed E-state index contributed by atoms with van der Waals surface area (Å²) in [7, 11) is 0. The Bertz CT molecular complexity index is 3020. The van der Waals surface area contributed by atoms with E-state index in [0.29, 0.717) is 0 Å². The van der Waals surface area contributed by atoms with Crippen LogP contribution in [-0.2, 0) is 10.8 Å². The Hall–Kier alpha value is -6.64. The molecule has 9 aromatic rings. The Morgan fingerprint density at radius 1 is 0.357 bits per heavy atom. The maximum absolute atomic E-state index is 3.86. The normalized spacial score (nSPS) is 14.4. The first-order valence-electron chi connectivity index (χ1n) is 19.8. The molecule has 2 heteroatoms. The zero-order valence-electron chi connectivity index (χ0n) is 32.2. The highest BCUT2D eigenvalue weighted by Gasteiger charge is 2.37. The minimum atomic E-state index is -0.0998. The molecule has 0 radical (unpaired) electrons. The third kappa shape index (κ3) is 4.75. The number of aromatic amines is 1. The quantitative estimate of drug-likeness (QED) is 0.188. The number of H-pyrrole nitrogens is 1. The lowest BCUT2D eigenvalue weighted by molar-refractivity contribution is 0.660. The van der Waals surface area contributed by atoms with Crippen molar-refractivity contribution in [3.8, 4) is 44.5 Å². The summed E-state index contributed by atoms with van der Waals surface area (Å²) < 4.78 is 0. The van der Waals surface area contributed by atoms with Crippen molar-refractivity contribution in [1.29, 1.82) is 0 Å². The van der Waals surface area contributed by atoms with Gasteiger partial charge in [-0.15, -0.1) is 0 Å². The van der Waals surface area contributed by atoms with E-state index in [1.54, 1.807) is 0 Å². The molecule has 1 aromatic heterocycles. The monoisotopic (exact) mass is 718 g/mol. The average Bonchev–Trinajstić information content (AvgIpc) is 3.81. The molecule has 268 valence electrons. The van der Waals surface area contributed by atoms with E-state index in [9.17, 15) is 0 Å². The summed E-state index contributed by atoms with van der Waals surface area (Å²) in [5.74, 6) is 0. The molecule has 1 heterocycles. The summed E-state index contributed by atoms with van der Waals surface area (Å²) in [5, 5.41) is 2.44. The van der Waals surface area contributed by atoms with E-state index in [4.69, 9.17) is 0 Å². The van der Waals surface area contributed by atoms with Crippen LogP contribution in [0.2, 0.25) is 0 Å². The van der Waals surface area contributed by atoms with E-state index in [0.717, 1.165) is 22.6 Å². The summed E-state index contributed by atoms with van der Waals surface area (Å²) in [5.41, 5.74) is 21.4. The molecule has 0 saturated carbocycles. The van der Waals surface area contributed by atoms with E-state index in [1.807, 2.05) is 0 Å². The lowest BCUT2D eigenvalue weighted by Gasteiger charge is -2.28. The Balaban J connectivity index is 1.06. The smallest absolute Gasteiger partial charge is 0.0544 e. The summed E-state index contributed by atoms with van der Waals surface area (Å²) >= 11 is 0. The van der Waals surface area contributed by atoms with Gasteiger partial charge in [-0.05, 0) is 110 Å². The molecule has 2 nitrogen and oxygen atoms in total. The molecular formula is C54H42N2. The number of fused-ring (bicyclic) bond motifs is 9. The van der Waals surface area contributed by atoms with E-state index in [1.165, 1.54) is 83.1 Å². The Labute approximate surface area is 328 Å². The van der Waals surface area contributed by atoms with Crippen molar-refractivity contribution in [2.45, 2.75) is 38.5 Å². The molecule has 0 amide bonds. The van der Waals surface area contributed by atoms with Crippen LogP contribution in [0, 0.1) is 0 Å². The van der Waals surface area contributed by atoms with Crippen molar-refractivity contribution in [2.24, 2.45) is 0 Å². The van der Waals surface area contributed by atoms with E-state index in [2.05, 4.69) is 214 Å². The Kier molecular flexibility index (Phi) is 6.98. The third-order valence-corrected chi connectivity index (χ3v) is 12.8. The van der Waals surface area contributed by atoms with Gasteiger partial charge in [0.15, 0.2) is 0 Å². The van der Waals surface area contributed by atoms with Gasteiger partial charge in [-0.2, -0.15) is 0 Å². The van der Waals surface area contributed by atoms with Crippen LogP contribution in [-0.4, -0.2) is 4.98 Å². The maximum Gasteiger partial charge on any atom is 0.0544 e. The van der Waals surface area contributed by atoms with Gasteiger partial charge in [0.05, 0.1) is 5.52 Å². The minimum Gasteiger partial charge on any atom is -0.354 e. The van der Waals surface area contributed by atoms with Crippen molar-refractivity contribution in [3.63, 3.8) is 0 Å². The third-order valence-electron chi connectivity index (χ3n) is 12.8. The molecule has 56 heavy (non-hydrogen) atoms. The van der Waals surface area contributed by atoms with E-state index in [-0.39, 0.29) is 10.8 Å². The van der Waals surface area contributed by atoms with Gasteiger partial charge in [-0.1, -0.05) is 155 Å². The topological polar surface area (TPSA) is 19.0 Å². The fourth-order valence-electron chi connectivity index (χ4n) is 9.89. The second kappa shape index (κ2) is 11.9. The van der Waals surface area contributed by atoms with Crippen LogP contribution in [0.4, 0.5) is 17.1 Å². The standard InChI is InChI=1S/C54H42N2/c1-53(2)48-20-11-9-16-42(48)45-31-36(23-29-49(45)53)40-17-12-18-44-46-32-38(27-30-51(46)55-52(40)44)56(37-24-21-35(22-25-37)34-13-6-5-7-14-34)39-26-28-43-41-15-8-10-19-47(41)54(3,4)50(43)33-39/h5-33,55H,1-4H3. The van der Waals surface area contributed by atoms with Gasteiger partial charge in [0.2, 0.25) is 0 Å². The van der Waals surface area contributed by atoms with Crippen LogP contribution < -0.4 is 4.90 Å². The first-order chi connectivity index (χ1) is 27.3. The molecule has 0 fully saturated rings. The second-order valence-electron chi connectivity index (χ2n) is 16.7. The molecule has 0 unspecified atom stereocenters. The molecule has 0 spiro atoms. The predicted molar refractivity (Wildman–Crippen MR) is 236 cm³/mol. The van der Waals surface area contributed by atoms with Crippen LogP contribution in [0.1, 0.15) is 49.9 Å². The molecule has 0 aliphatic heterocycles.